The summed E-state index contributed by atoms with van der Waals surface area (Å²) < 4.78 is 0.811. The highest BCUT2D eigenvalue weighted by molar-refractivity contribution is 8.00. The van der Waals surface area contributed by atoms with Gasteiger partial charge in [-0.15, -0.1) is 10.2 Å². The molecule has 128 valence electrons. The molecule has 4 nitrogen and oxygen atoms in total. The molecule has 0 saturated carbocycles. The van der Waals surface area contributed by atoms with Crippen molar-refractivity contribution in [3.8, 4) is 0 Å². The lowest BCUT2D eigenvalue weighted by Gasteiger charge is -2.05. The number of carbonyl (C=O) groups excluding carboxylic acids is 1. The van der Waals surface area contributed by atoms with E-state index in [4.69, 9.17) is 11.6 Å². The molecule has 1 amide bonds. The van der Waals surface area contributed by atoms with Gasteiger partial charge in [-0.2, -0.15) is 0 Å². The summed E-state index contributed by atoms with van der Waals surface area (Å²) in [6, 6.07) is 13.5. The second-order valence-electron chi connectivity index (χ2n) is 5.56. The molecule has 0 radical (unpaired) electrons. The van der Waals surface area contributed by atoms with Crippen molar-refractivity contribution < 1.29 is 4.79 Å². The molecule has 1 aromatic heterocycles. The van der Waals surface area contributed by atoms with Crippen LogP contribution in [0.25, 0.3) is 0 Å². The van der Waals surface area contributed by atoms with Crippen LogP contribution >= 0.6 is 34.7 Å². The van der Waals surface area contributed by atoms with Crippen LogP contribution in [0.3, 0.4) is 0 Å². The van der Waals surface area contributed by atoms with E-state index < -0.39 is 0 Å². The molecule has 0 bridgehead atoms. The minimum atomic E-state index is -0.161. The van der Waals surface area contributed by atoms with Crippen LogP contribution < -0.4 is 5.32 Å². The number of benzene rings is 2. The van der Waals surface area contributed by atoms with Crippen molar-refractivity contribution in [2.24, 2.45) is 0 Å². The van der Waals surface area contributed by atoms with Crippen molar-refractivity contribution in [2.75, 3.05) is 5.32 Å². The van der Waals surface area contributed by atoms with Crippen LogP contribution in [0, 0.1) is 13.8 Å². The molecule has 7 heteroatoms. The second-order valence-corrected chi connectivity index (χ2v) is 8.20. The fourth-order valence-electron chi connectivity index (χ4n) is 2.19. The highest BCUT2D eigenvalue weighted by Crippen LogP contribution is 2.29. The number of aromatic nitrogens is 2. The zero-order chi connectivity index (χ0) is 17.8. The van der Waals surface area contributed by atoms with Crippen molar-refractivity contribution in [1.29, 1.82) is 0 Å². The van der Waals surface area contributed by atoms with Crippen LogP contribution in [0.1, 0.15) is 27.0 Å². The first-order valence-corrected chi connectivity index (χ1v) is 9.78. The Hall–Kier alpha value is -1.89. The number of nitrogens with one attached hydrogen (secondary N) is 1. The van der Waals surface area contributed by atoms with E-state index in [1.165, 1.54) is 11.3 Å². The van der Waals surface area contributed by atoms with Crippen molar-refractivity contribution in [2.45, 2.75) is 23.9 Å². The quantitative estimate of drug-likeness (QED) is 0.471. The maximum Gasteiger partial charge on any atom is 0.257 e. The molecule has 0 fully saturated rings. The standard InChI is InChI=1S/C18H16ClN3OS2/c1-11-3-4-12(2)15(9-11)16(23)20-17-21-22-18(25-17)24-10-13-5-7-14(19)8-6-13/h3-9H,10H2,1-2H3,(H,20,21,23). The lowest BCUT2D eigenvalue weighted by atomic mass is 10.1. The van der Waals surface area contributed by atoms with Gasteiger partial charge in [-0.25, -0.2) is 0 Å². The number of nitrogens with zero attached hydrogens (tertiary/aromatic N) is 2. The molecule has 0 aliphatic heterocycles. The molecule has 0 unspecified atom stereocenters. The van der Waals surface area contributed by atoms with Gasteiger partial charge >= 0.3 is 0 Å². The van der Waals surface area contributed by atoms with Gasteiger partial charge in [0, 0.05) is 16.3 Å². The number of rotatable bonds is 5. The predicted molar refractivity (Wildman–Crippen MR) is 105 cm³/mol. The average molecular weight is 390 g/mol. The molecule has 2 aromatic carbocycles. The molecule has 0 spiro atoms. The molecule has 0 aliphatic carbocycles. The van der Waals surface area contributed by atoms with Gasteiger partial charge in [0.05, 0.1) is 0 Å². The third kappa shape index (κ3) is 4.81. The summed E-state index contributed by atoms with van der Waals surface area (Å²) in [7, 11) is 0. The minimum absolute atomic E-state index is 0.161. The van der Waals surface area contributed by atoms with E-state index in [0.29, 0.717) is 10.7 Å². The smallest absolute Gasteiger partial charge is 0.257 e. The van der Waals surface area contributed by atoms with Gasteiger partial charge in [-0.05, 0) is 43.2 Å². The number of carbonyl (C=O) groups is 1. The van der Waals surface area contributed by atoms with E-state index >= 15 is 0 Å². The van der Waals surface area contributed by atoms with Crippen LogP contribution in [0.5, 0.6) is 0 Å². The van der Waals surface area contributed by atoms with Crippen molar-refractivity contribution in [1.82, 2.24) is 10.2 Å². The summed E-state index contributed by atoms with van der Waals surface area (Å²) in [5, 5.41) is 12.2. The zero-order valence-corrected chi connectivity index (χ0v) is 16.1. The van der Waals surface area contributed by atoms with E-state index in [2.05, 4.69) is 15.5 Å². The van der Waals surface area contributed by atoms with Gasteiger partial charge in [-0.3, -0.25) is 10.1 Å². The highest BCUT2D eigenvalue weighted by atomic mass is 35.5. The molecular formula is C18H16ClN3OS2. The Morgan fingerprint density at radius 2 is 1.92 bits per heavy atom. The molecule has 0 atom stereocenters. The maximum atomic E-state index is 12.4. The van der Waals surface area contributed by atoms with Crippen LogP contribution in [0.2, 0.25) is 5.02 Å². The Bertz CT molecular complexity index is 894. The van der Waals surface area contributed by atoms with Gasteiger partial charge < -0.3 is 0 Å². The maximum absolute atomic E-state index is 12.4. The first-order valence-electron chi connectivity index (χ1n) is 7.60. The lowest BCUT2D eigenvalue weighted by molar-refractivity contribution is 0.102. The summed E-state index contributed by atoms with van der Waals surface area (Å²) in [5.74, 6) is 0.614. The third-order valence-electron chi connectivity index (χ3n) is 3.54. The highest BCUT2D eigenvalue weighted by Gasteiger charge is 2.13. The fourth-order valence-corrected chi connectivity index (χ4v) is 4.02. The molecule has 3 rings (SSSR count). The Morgan fingerprint density at radius 3 is 2.68 bits per heavy atom. The van der Waals surface area contributed by atoms with E-state index in [0.717, 1.165) is 31.8 Å². The van der Waals surface area contributed by atoms with Crippen LogP contribution in [-0.2, 0) is 5.75 Å². The van der Waals surface area contributed by atoms with Crippen LogP contribution in [0.15, 0.2) is 46.8 Å². The van der Waals surface area contributed by atoms with E-state index in [-0.39, 0.29) is 5.91 Å². The minimum Gasteiger partial charge on any atom is -0.296 e. The van der Waals surface area contributed by atoms with Gasteiger partial charge in [0.25, 0.3) is 5.91 Å². The first kappa shape index (κ1) is 17.9. The number of aryl methyl sites for hydroxylation is 2. The second kappa shape index (κ2) is 7.99. The lowest BCUT2D eigenvalue weighted by Crippen LogP contribution is -2.13. The topological polar surface area (TPSA) is 54.9 Å². The third-order valence-corrected chi connectivity index (χ3v) is 5.84. The molecule has 3 aromatic rings. The number of anilines is 1. The number of hydrogen-bond donors (Lipinski definition) is 1. The Kier molecular flexibility index (Phi) is 5.73. The largest absolute Gasteiger partial charge is 0.296 e. The molecule has 1 N–H and O–H groups in total. The first-order chi connectivity index (χ1) is 12.0. The normalized spacial score (nSPS) is 10.7. The van der Waals surface area contributed by atoms with Crippen LogP contribution in [-0.4, -0.2) is 16.1 Å². The summed E-state index contributed by atoms with van der Waals surface area (Å²) in [4.78, 5) is 12.4. The Labute approximate surface area is 159 Å². The van der Waals surface area contributed by atoms with Crippen molar-refractivity contribution >= 4 is 45.7 Å². The van der Waals surface area contributed by atoms with Gasteiger partial charge in [0.2, 0.25) is 5.13 Å². The monoisotopic (exact) mass is 389 g/mol. The number of halogens is 1. The van der Waals surface area contributed by atoms with Crippen molar-refractivity contribution in [3.63, 3.8) is 0 Å². The van der Waals surface area contributed by atoms with Gasteiger partial charge in [-0.1, -0.05) is 64.5 Å². The summed E-state index contributed by atoms with van der Waals surface area (Å²) in [6.07, 6.45) is 0. The number of thioether (sulfide) groups is 1. The zero-order valence-electron chi connectivity index (χ0n) is 13.7. The number of amides is 1. The predicted octanol–water partition coefficient (Wildman–Crippen LogP) is 5.35. The fraction of sp³-hybridized carbons (Fsp3) is 0.167. The van der Waals surface area contributed by atoms with Crippen molar-refractivity contribution in [3.05, 3.63) is 69.7 Å². The molecule has 1 heterocycles. The number of hydrogen-bond acceptors (Lipinski definition) is 5. The summed E-state index contributed by atoms with van der Waals surface area (Å²) in [5.41, 5.74) is 3.80. The SMILES string of the molecule is Cc1ccc(C)c(C(=O)Nc2nnc(SCc3ccc(Cl)cc3)s2)c1. The Balaban J connectivity index is 1.62. The van der Waals surface area contributed by atoms with Gasteiger partial charge in [0.15, 0.2) is 4.34 Å². The molecular weight excluding hydrogens is 374 g/mol. The van der Waals surface area contributed by atoms with E-state index in [1.54, 1.807) is 11.8 Å². The summed E-state index contributed by atoms with van der Waals surface area (Å²) in [6.45, 7) is 3.88. The summed E-state index contributed by atoms with van der Waals surface area (Å²) >= 11 is 8.83. The Morgan fingerprint density at radius 1 is 1.16 bits per heavy atom. The molecule has 0 saturated heterocycles. The molecule has 0 aliphatic rings. The van der Waals surface area contributed by atoms with E-state index in [1.807, 2.05) is 56.3 Å². The average Bonchev–Trinajstić information content (AvgIpc) is 3.04. The molecule has 25 heavy (non-hydrogen) atoms. The van der Waals surface area contributed by atoms with Crippen LogP contribution in [0.4, 0.5) is 5.13 Å². The van der Waals surface area contributed by atoms with Gasteiger partial charge in [0.1, 0.15) is 0 Å². The van der Waals surface area contributed by atoms with E-state index in [9.17, 15) is 4.79 Å².